The van der Waals surface area contributed by atoms with E-state index in [0.29, 0.717) is 18.8 Å². The number of ether oxygens (including phenoxy) is 2. The number of rotatable bonds is 5. The number of hydrogen-bond donors (Lipinski definition) is 2. The van der Waals surface area contributed by atoms with Crippen LogP contribution in [0.1, 0.15) is 53.1 Å². The van der Waals surface area contributed by atoms with Gasteiger partial charge in [0.2, 0.25) is 0 Å². The smallest absolute Gasteiger partial charge is 0.444 e. The van der Waals surface area contributed by atoms with Gasteiger partial charge in [0.1, 0.15) is 11.4 Å². The van der Waals surface area contributed by atoms with Crippen LogP contribution in [0.15, 0.2) is 18.2 Å². The monoisotopic (exact) mass is 418 g/mol. The number of alkyl halides is 3. The SMILES string of the molecule is C[C@H](NC(=O)OC(C)(C)C)c1ccc(N2CC(C(C)(C)O)C2)cc1OC(F)(F)F. The highest BCUT2D eigenvalue weighted by Crippen LogP contribution is 2.37. The highest BCUT2D eigenvalue weighted by Gasteiger charge is 2.38. The van der Waals surface area contributed by atoms with E-state index in [1.807, 2.05) is 4.90 Å². The van der Waals surface area contributed by atoms with E-state index in [-0.39, 0.29) is 17.2 Å². The highest BCUT2D eigenvalue weighted by atomic mass is 19.4. The molecule has 0 unspecified atom stereocenters. The van der Waals surface area contributed by atoms with E-state index in [1.165, 1.54) is 12.1 Å². The molecule has 1 aromatic carbocycles. The van der Waals surface area contributed by atoms with Crippen molar-refractivity contribution in [2.45, 2.75) is 65.1 Å². The molecule has 2 N–H and O–H groups in total. The van der Waals surface area contributed by atoms with Gasteiger partial charge in [-0.25, -0.2) is 4.79 Å². The predicted octanol–water partition coefficient (Wildman–Crippen LogP) is 4.38. The lowest BCUT2D eigenvalue weighted by Crippen LogP contribution is -2.55. The lowest BCUT2D eigenvalue weighted by Gasteiger charge is -2.46. The van der Waals surface area contributed by atoms with E-state index in [9.17, 15) is 23.1 Å². The van der Waals surface area contributed by atoms with Gasteiger partial charge >= 0.3 is 12.5 Å². The minimum Gasteiger partial charge on any atom is -0.444 e. The molecule has 1 saturated heterocycles. The molecule has 0 spiro atoms. The summed E-state index contributed by atoms with van der Waals surface area (Å²) < 4.78 is 48.2. The Hall–Kier alpha value is -2.16. The van der Waals surface area contributed by atoms with Crippen LogP contribution in [0.5, 0.6) is 5.75 Å². The fourth-order valence-electron chi connectivity index (χ4n) is 2.99. The number of hydrogen-bond acceptors (Lipinski definition) is 5. The Balaban J connectivity index is 2.20. The van der Waals surface area contributed by atoms with Crippen molar-refractivity contribution in [3.63, 3.8) is 0 Å². The first-order valence-corrected chi connectivity index (χ1v) is 9.42. The maximum absolute atomic E-state index is 12.9. The lowest BCUT2D eigenvalue weighted by atomic mass is 9.84. The molecule has 0 saturated carbocycles. The van der Waals surface area contributed by atoms with Crippen molar-refractivity contribution in [3.05, 3.63) is 23.8 Å². The van der Waals surface area contributed by atoms with Crippen LogP contribution in [0.3, 0.4) is 0 Å². The number of amides is 1. The maximum atomic E-state index is 12.9. The lowest BCUT2D eigenvalue weighted by molar-refractivity contribution is -0.274. The molecule has 0 aliphatic carbocycles. The fourth-order valence-corrected chi connectivity index (χ4v) is 2.99. The standard InChI is InChI=1S/C20H29F3N2O4/c1-12(24-17(26)29-18(2,3)4)15-8-7-14(9-16(15)28-20(21,22)23)25-10-13(11-25)19(5,6)27/h7-9,12-13,27H,10-11H2,1-6H3,(H,24,26)/t12-/m0/s1. The zero-order chi connectivity index (χ0) is 22.2. The van der Waals surface area contributed by atoms with Crippen molar-refractivity contribution in [2.24, 2.45) is 5.92 Å². The van der Waals surface area contributed by atoms with Gasteiger partial charge in [-0.15, -0.1) is 13.2 Å². The van der Waals surface area contributed by atoms with Crippen LogP contribution in [0.4, 0.5) is 23.7 Å². The molecule has 2 rings (SSSR count). The molecule has 1 amide bonds. The number of nitrogens with one attached hydrogen (secondary N) is 1. The zero-order valence-electron chi connectivity index (χ0n) is 17.6. The molecular weight excluding hydrogens is 389 g/mol. The molecule has 1 aliphatic heterocycles. The Morgan fingerprint density at radius 2 is 1.79 bits per heavy atom. The molecule has 1 atom stereocenters. The summed E-state index contributed by atoms with van der Waals surface area (Å²) in [4.78, 5) is 13.8. The molecule has 6 nitrogen and oxygen atoms in total. The third kappa shape index (κ3) is 6.69. The summed E-state index contributed by atoms with van der Waals surface area (Å²) in [6, 6.07) is 3.70. The van der Waals surface area contributed by atoms with E-state index in [4.69, 9.17) is 4.74 Å². The van der Waals surface area contributed by atoms with Gasteiger partial charge in [-0.05, 0) is 47.6 Å². The number of carbonyl (C=O) groups excluding carboxylic acids is 1. The van der Waals surface area contributed by atoms with Gasteiger partial charge in [-0.3, -0.25) is 0 Å². The van der Waals surface area contributed by atoms with Gasteiger partial charge in [0.05, 0.1) is 11.6 Å². The van der Waals surface area contributed by atoms with Crippen LogP contribution >= 0.6 is 0 Å². The first-order valence-electron chi connectivity index (χ1n) is 9.42. The van der Waals surface area contributed by atoms with Gasteiger partial charge in [0.15, 0.2) is 0 Å². The number of halogens is 3. The maximum Gasteiger partial charge on any atom is 0.573 e. The number of aliphatic hydroxyl groups is 1. The quantitative estimate of drug-likeness (QED) is 0.743. The summed E-state index contributed by atoms with van der Waals surface area (Å²) in [6.45, 7) is 11.1. The molecule has 9 heteroatoms. The van der Waals surface area contributed by atoms with Gasteiger partial charge in [0, 0.05) is 36.3 Å². The van der Waals surface area contributed by atoms with Crippen molar-refractivity contribution in [3.8, 4) is 5.75 Å². The summed E-state index contributed by atoms with van der Waals surface area (Å²) in [5, 5.41) is 12.6. The van der Waals surface area contributed by atoms with Gasteiger partial charge < -0.3 is 24.8 Å². The van der Waals surface area contributed by atoms with Crippen LogP contribution < -0.4 is 15.0 Å². The molecule has 0 aromatic heterocycles. The Morgan fingerprint density at radius 1 is 1.21 bits per heavy atom. The number of nitrogens with zero attached hydrogens (tertiary/aromatic N) is 1. The highest BCUT2D eigenvalue weighted by molar-refractivity contribution is 5.69. The molecule has 0 bridgehead atoms. The number of benzene rings is 1. The Bertz CT molecular complexity index is 733. The largest absolute Gasteiger partial charge is 0.573 e. The summed E-state index contributed by atoms with van der Waals surface area (Å²) in [5.41, 5.74) is -0.851. The molecule has 29 heavy (non-hydrogen) atoms. The second kappa shape index (κ2) is 7.93. The van der Waals surface area contributed by atoms with Crippen LogP contribution in [-0.2, 0) is 4.74 Å². The van der Waals surface area contributed by atoms with Crippen molar-refractivity contribution < 1.29 is 32.5 Å². The third-order valence-electron chi connectivity index (χ3n) is 4.67. The Kier molecular flexibility index (Phi) is 6.32. The summed E-state index contributed by atoms with van der Waals surface area (Å²) in [6.07, 6.45) is -5.60. The normalized spacial score (nSPS) is 16.8. The molecule has 1 aromatic rings. The number of alkyl carbamates (subject to hydrolysis) is 1. The average molecular weight is 418 g/mol. The van der Waals surface area contributed by atoms with E-state index < -0.39 is 29.7 Å². The van der Waals surface area contributed by atoms with E-state index in [1.54, 1.807) is 47.6 Å². The minimum absolute atomic E-state index is 0.0296. The van der Waals surface area contributed by atoms with Crippen molar-refractivity contribution in [1.29, 1.82) is 0 Å². The Labute approximate surface area is 169 Å². The summed E-state index contributed by atoms with van der Waals surface area (Å²) in [5.74, 6) is -0.354. The van der Waals surface area contributed by atoms with Crippen molar-refractivity contribution in [1.82, 2.24) is 5.32 Å². The first-order chi connectivity index (χ1) is 13.0. The molecule has 1 aliphatic rings. The molecular formula is C20H29F3N2O4. The van der Waals surface area contributed by atoms with Gasteiger partial charge in [-0.2, -0.15) is 0 Å². The molecule has 0 radical (unpaired) electrons. The van der Waals surface area contributed by atoms with E-state index >= 15 is 0 Å². The molecule has 1 heterocycles. The van der Waals surface area contributed by atoms with Crippen LogP contribution in [0, 0.1) is 5.92 Å². The Morgan fingerprint density at radius 3 is 2.28 bits per heavy atom. The third-order valence-corrected chi connectivity index (χ3v) is 4.67. The van der Waals surface area contributed by atoms with Crippen LogP contribution in [0.25, 0.3) is 0 Å². The first kappa shape index (κ1) is 23.1. The van der Waals surface area contributed by atoms with E-state index in [2.05, 4.69) is 10.1 Å². The predicted molar refractivity (Wildman–Crippen MR) is 103 cm³/mol. The van der Waals surface area contributed by atoms with Gasteiger partial charge in [-0.1, -0.05) is 6.07 Å². The van der Waals surface area contributed by atoms with Crippen LogP contribution in [-0.4, -0.2) is 41.9 Å². The fraction of sp³-hybridized carbons (Fsp3) is 0.650. The van der Waals surface area contributed by atoms with E-state index in [0.717, 1.165) is 0 Å². The zero-order valence-corrected chi connectivity index (χ0v) is 17.6. The number of anilines is 1. The van der Waals surface area contributed by atoms with Crippen molar-refractivity contribution in [2.75, 3.05) is 18.0 Å². The summed E-state index contributed by atoms with van der Waals surface area (Å²) >= 11 is 0. The topological polar surface area (TPSA) is 71.0 Å². The molecule has 1 fully saturated rings. The minimum atomic E-state index is -4.87. The second-order valence-corrected chi connectivity index (χ2v) is 8.89. The average Bonchev–Trinajstić information content (AvgIpc) is 2.39. The second-order valence-electron chi connectivity index (χ2n) is 8.89. The van der Waals surface area contributed by atoms with Gasteiger partial charge in [0.25, 0.3) is 0 Å². The van der Waals surface area contributed by atoms with Crippen LogP contribution in [0.2, 0.25) is 0 Å². The number of carbonyl (C=O) groups is 1. The molecule has 164 valence electrons. The van der Waals surface area contributed by atoms with Crippen molar-refractivity contribution >= 4 is 11.8 Å². The summed E-state index contributed by atoms with van der Waals surface area (Å²) in [7, 11) is 0.